The number of imidazole rings is 1. The van der Waals surface area contributed by atoms with Crippen LogP contribution in [0.2, 0.25) is 0 Å². The van der Waals surface area contributed by atoms with Crippen LogP contribution in [0, 0.1) is 0 Å². The predicted molar refractivity (Wildman–Crippen MR) is 53.9 cm³/mol. The van der Waals surface area contributed by atoms with Crippen molar-refractivity contribution in [2.75, 3.05) is 13.1 Å². The third kappa shape index (κ3) is 3.93. The number of hydrogen-bond acceptors (Lipinski definition) is 2. The molecular weight excluding hydrogens is 180 g/mol. The first-order chi connectivity index (χ1) is 6.83. The van der Waals surface area contributed by atoms with Crippen LogP contribution in [0.25, 0.3) is 0 Å². The first kappa shape index (κ1) is 10.6. The number of urea groups is 1. The molecule has 0 unspecified atom stereocenters. The first-order valence-corrected chi connectivity index (χ1v) is 4.80. The predicted octanol–water partition coefficient (Wildman–Crippen LogP) is 0.592. The van der Waals surface area contributed by atoms with Gasteiger partial charge < -0.3 is 15.2 Å². The number of carbonyl (C=O) groups excluding carboxylic acids is 1. The number of carbonyl (C=O) groups is 1. The van der Waals surface area contributed by atoms with E-state index in [1.807, 2.05) is 17.7 Å². The molecule has 1 aromatic rings. The molecule has 0 radical (unpaired) electrons. The van der Waals surface area contributed by atoms with E-state index in [1.54, 1.807) is 12.5 Å². The van der Waals surface area contributed by atoms with Crippen molar-refractivity contribution in [3.05, 3.63) is 18.7 Å². The van der Waals surface area contributed by atoms with Gasteiger partial charge in [0.2, 0.25) is 0 Å². The molecule has 78 valence electrons. The van der Waals surface area contributed by atoms with Crippen LogP contribution in [-0.2, 0) is 6.54 Å². The van der Waals surface area contributed by atoms with E-state index in [0.717, 1.165) is 13.0 Å². The topological polar surface area (TPSA) is 59.0 Å². The Morgan fingerprint density at radius 1 is 1.50 bits per heavy atom. The van der Waals surface area contributed by atoms with Gasteiger partial charge in [-0.05, 0) is 13.3 Å². The Kier molecular flexibility index (Phi) is 4.54. The highest BCUT2D eigenvalue weighted by atomic mass is 16.2. The lowest BCUT2D eigenvalue weighted by molar-refractivity contribution is 0.241. The molecule has 5 nitrogen and oxygen atoms in total. The standard InChI is InChI=1S/C9H16N4O/c1-2-11-9(14)12-4-3-6-13-7-5-10-8-13/h5,7-8H,2-4,6H2,1H3,(H2,11,12,14). The van der Waals surface area contributed by atoms with Crippen molar-refractivity contribution in [1.82, 2.24) is 20.2 Å². The molecule has 1 heterocycles. The summed E-state index contributed by atoms with van der Waals surface area (Å²) in [5, 5.41) is 5.43. The number of amides is 2. The maximum Gasteiger partial charge on any atom is 0.314 e. The zero-order valence-electron chi connectivity index (χ0n) is 8.36. The fraction of sp³-hybridized carbons (Fsp3) is 0.556. The summed E-state index contributed by atoms with van der Waals surface area (Å²) < 4.78 is 1.99. The van der Waals surface area contributed by atoms with Gasteiger partial charge in [-0.1, -0.05) is 0 Å². The molecule has 1 rings (SSSR count). The fourth-order valence-electron chi connectivity index (χ4n) is 1.11. The SMILES string of the molecule is CCNC(=O)NCCCn1ccnc1. The van der Waals surface area contributed by atoms with Gasteiger partial charge >= 0.3 is 6.03 Å². The second kappa shape index (κ2) is 6.01. The molecule has 0 aromatic carbocycles. The van der Waals surface area contributed by atoms with Gasteiger partial charge in [0, 0.05) is 32.0 Å². The van der Waals surface area contributed by atoms with Crippen LogP contribution >= 0.6 is 0 Å². The summed E-state index contributed by atoms with van der Waals surface area (Å²) in [6.07, 6.45) is 6.34. The van der Waals surface area contributed by atoms with Crippen molar-refractivity contribution in [1.29, 1.82) is 0 Å². The molecule has 5 heteroatoms. The first-order valence-electron chi connectivity index (χ1n) is 4.80. The molecule has 0 aliphatic rings. The van der Waals surface area contributed by atoms with Crippen molar-refractivity contribution >= 4 is 6.03 Å². The monoisotopic (exact) mass is 196 g/mol. The number of nitrogens with one attached hydrogen (secondary N) is 2. The average molecular weight is 196 g/mol. The van der Waals surface area contributed by atoms with Crippen LogP contribution < -0.4 is 10.6 Å². The summed E-state index contributed by atoms with van der Waals surface area (Å²) >= 11 is 0. The summed E-state index contributed by atoms with van der Waals surface area (Å²) in [6.45, 7) is 4.12. The van der Waals surface area contributed by atoms with E-state index in [9.17, 15) is 4.79 Å². The largest absolute Gasteiger partial charge is 0.338 e. The minimum atomic E-state index is -0.0990. The number of aromatic nitrogens is 2. The molecule has 0 spiro atoms. The smallest absolute Gasteiger partial charge is 0.314 e. The van der Waals surface area contributed by atoms with Gasteiger partial charge in [0.25, 0.3) is 0 Å². The minimum absolute atomic E-state index is 0.0990. The van der Waals surface area contributed by atoms with E-state index in [0.29, 0.717) is 13.1 Å². The third-order valence-electron chi connectivity index (χ3n) is 1.78. The molecule has 0 atom stereocenters. The highest BCUT2D eigenvalue weighted by molar-refractivity contribution is 5.73. The highest BCUT2D eigenvalue weighted by Gasteiger charge is 1.95. The van der Waals surface area contributed by atoms with E-state index in [2.05, 4.69) is 15.6 Å². The van der Waals surface area contributed by atoms with Crippen LogP contribution in [-0.4, -0.2) is 28.7 Å². The maximum absolute atomic E-state index is 11.0. The second-order valence-electron chi connectivity index (χ2n) is 2.94. The molecule has 2 N–H and O–H groups in total. The quantitative estimate of drug-likeness (QED) is 0.677. The Labute approximate surface area is 83.5 Å². The molecule has 0 saturated carbocycles. The summed E-state index contributed by atoms with van der Waals surface area (Å²) in [7, 11) is 0. The molecule has 1 aromatic heterocycles. The van der Waals surface area contributed by atoms with Crippen LogP contribution in [0.4, 0.5) is 4.79 Å². The van der Waals surface area contributed by atoms with E-state index in [1.165, 1.54) is 0 Å². The Bertz CT molecular complexity index is 258. The fourth-order valence-corrected chi connectivity index (χ4v) is 1.11. The summed E-state index contributed by atoms with van der Waals surface area (Å²) in [6, 6.07) is -0.0990. The zero-order valence-corrected chi connectivity index (χ0v) is 8.36. The lowest BCUT2D eigenvalue weighted by atomic mass is 10.4. The lowest BCUT2D eigenvalue weighted by Gasteiger charge is -2.05. The maximum atomic E-state index is 11.0. The van der Waals surface area contributed by atoms with Crippen molar-refractivity contribution < 1.29 is 4.79 Å². The molecular formula is C9H16N4O. The van der Waals surface area contributed by atoms with Gasteiger partial charge in [0.15, 0.2) is 0 Å². The molecule has 0 bridgehead atoms. The Morgan fingerprint density at radius 2 is 2.36 bits per heavy atom. The minimum Gasteiger partial charge on any atom is -0.338 e. The van der Waals surface area contributed by atoms with E-state index in [-0.39, 0.29) is 6.03 Å². The molecule has 0 saturated heterocycles. The Hall–Kier alpha value is -1.52. The summed E-state index contributed by atoms with van der Waals surface area (Å²) in [4.78, 5) is 14.9. The summed E-state index contributed by atoms with van der Waals surface area (Å²) in [5.74, 6) is 0. The van der Waals surface area contributed by atoms with Crippen molar-refractivity contribution in [3.63, 3.8) is 0 Å². The van der Waals surface area contributed by atoms with Gasteiger partial charge in [0.1, 0.15) is 0 Å². The van der Waals surface area contributed by atoms with Gasteiger partial charge in [-0.2, -0.15) is 0 Å². The van der Waals surface area contributed by atoms with Crippen molar-refractivity contribution in [2.24, 2.45) is 0 Å². The van der Waals surface area contributed by atoms with Crippen LogP contribution in [0.1, 0.15) is 13.3 Å². The lowest BCUT2D eigenvalue weighted by Crippen LogP contribution is -2.35. The summed E-state index contributed by atoms with van der Waals surface area (Å²) in [5.41, 5.74) is 0. The number of hydrogen-bond donors (Lipinski definition) is 2. The van der Waals surface area contributed by atoms with Crippen LogP contribution in [0.5, 0.6) is 0 Å². The van der Waals surface area contributed by atoms with Gasteiger partial charge in [0.05, 0.1) is 6.33 Å². The van der Waals surface area contributed by atoms with Crippen molar-refractivity contribution in [3.8, 4) is 0 Å². The molecule has 14 heavy (non-hydrogen) atoms. The van der Waals surface area contributed by atoms with Crippen LogP contribution in [0.3, 0.4) is 0 Å². The zero-order chi connectivity index (χ0) is 10.2. The Morgan fingerprint density at radius 3 is 3.00 bits per heavy atom. The van der Waals surface area contributed by atoms with Gasteiger partial charge in [-0.3, -0.25) is 0 Å². The van der Waals surface area contributed by atoms with Gasteiger partial charge in [-0.15, -0.1) is 0 Å². The third-order valence-corrected chi connectivity index (χ3v) is 1.78. The second-order valence-corrected chi connectivity index (χ2v) is 2.94. The van der Waals surface area contributed by atoms with E-state index < -0.39 is 0 Å². The van der Waals surface area contributed by atoms with Gasteiger partial charge in [-0.25, -0.2) is 9.78 Å². The van der Waals surface area contributed by atoms with E-state index >= 15 is 0 Å². The molecule has 2 amide bonds. The van der Waals surface area contributed by atoms with Crippen molar-refractivity contribution in [2.45, 2.75) is 19.9 Å². The molecule has 0 aliphatic carbocycles. The number of rotatable bonds is 5. The number of nitrogens with zero attached hydrogens (tertiary/aromatic N) is 2. The highest BCUT2D eigenvalue weighted by Crippen LogP contribution is 1.88. The molecule has 0 fully saturated rings. The van der Waals surface area contributed by atoms with E-state index in [4.69, 9.17) is 0 Å². The average Bonchev–Trinajstić information content (AvgIpc) is 2.65. The van der Waals surface area contributed by atoms with Crippen LogP contribution in [0.15, 0.2) is 18.7 Å². The normalized spacial score (nSPS) is 9.79. The number of aryl methyl sites for hydroxylation is 1. The molecule has 0 aliphatic heterocycles. The Balaban J connectivity index is 2.02.